The van der Waals surface area contributed by atoms with E-state index < -0.39 is 5.54 Å². The molecule has 0 aliphatic heterocycles. The first-order chi connectivity index (χ1) is 16.4. The van der Waals surface area contributed by atoms with Gasteiger partial charge in [0.15, 0.2) is 0 Å². The summed E-state index contributed by atoms with van der Waals surface area (Å²) in [7, 11) is 0. The van der Waals surface area contributed by atoms with Crippen LogP contribution in [0.1, 0.15) is 29.8 Å². The Hall–Kier alpha value is -4.26. The summed E-state index contributed by atoms with van der Waals surface area (Å²) < 4.78 is 19.1. The predicted molar refractivity (Wildman–Crippen MR) is 130 cm³/mol. The van der Waals surface area contributed by atoms with Gasteiger partial charge in [-0.25, -0.2) is 14.4 Å². The van der Waals surface area contributed by atoms with Gasteiger partial charge in [0.05, 0.1) is 0 Å². The monoisotopic (exact) mass is 456 g/mol. The maximum Gasteiger partial charge on any atom is 0.257 e. The van der Waals surface area contributed by atoms with E-state index in [4.69, 9.17) is 4.74 Å². The third-order valence-electron chi connectivity index (χ3n) is 5.03. The summed E-state index contributed by atoms with van der Waals surface area (Å²) in [5.41, 5.74) is 1.53. The molecule has 2 aromatic heterocycles. The van der Waals surface area contributed by atoms with Crippen molar-refractivity contribution in [1.29, 1.82) is 0 Å². The van der Waals surface area contributed by atoms with E-state index in [1.165, 1.54) is 12.1 Å². The average molecular weight is 457 g/mol. The topological polar surface area (TPSA) is 76.1 Å². The van der Waals surface area contributed by atoms with Crippen LogP contribution >= 0.6 is 0 Å². The molecule has 0 fully saturated rings. The van der Waals surface area contributed by atoms with E-state index in [2.05, 4.69) is 20.6 Å². The fourth-order valence-electron chi connectivity index (χ4n) is 3.48. The highest BCUT2D eigenvalue weighted by Gasteiger charge is 2.24. The molecule has 172 valence electrons. The van der Waals surface area contributed by atoms with Crippen LogP contribution in [-0.2, 0) is 6.42 Å². The molecule has 2 N–H and O–H groups in total. The molecule has 4 aromatic rings. The van der Waals surface area contributed by atoms with Gasteiger partial charge in [-0.3, -0.25) is 4.79 Å². The molecule has 0 saturated heterocycles. The van der Waals surface area contributed by atoms with E-state index in [9.17, 15) is 9.18 Å². The highest BCUT2D eigenvalue weighted by atomic mass is 19.1. The fourth-order valence-corrected chi connectivity index (χ4v) is 3.48. The molecule has 7 heteroatoms. The predicted octanol–water partition coefficient (Wildman–Crippen LogP) is 5.90. The van der Waals surface area contributed by atoms with Crippen LogP contribution < -0.4 is 15.4 Å². The van der Waals surface area contributed by atoms with Gasteiger partial charge >= 0.3 is 0 Å². The smallest absolute Gasteiger partial charge is 0.257 e. The van der Waals surface area contributed by atoms with E-state index in [-0.39, 0.29) is 17.6 Å². The Morgan fingerprint density at radius 1 is 0.912 bits per heavy atom. The molecular formula is C27H25FN4O2. The van der Waals surface area contributed by atoms with Crippen molar-refractivity contribution < 1.29 is 13.9 Å². The first kappa shape index (κ1) is 22.9. The Balaban J connectivity index is 1.43. The molecule has 0 saturated carbocycles. The van der Waals surface area contributed by atoms with E-state index in [0.29, 0.717) is 17.7 Å². The molecule has 0 unspecified atom stereocenters. The molecule has 2 aromatic carbocycles. The third kappa shape index (κ3) is 6.16. The Labute approximate surface area is 197 Å². The van der Waals surface area contributed by atoms with Gasteiger partial charge in [-0.05, 0) is 86.5 Å². The summed E-state index contributed by atoms with van der Waals surface area (Å²) in [6.45, 7) is 3.83. The number of hydrogen-bond acceptors (Lipinski definition) is 5. The van der Waals surface area contributed by atoms with Crippen molar-refractivity contribution in [2.75, 3.05) is 5.32 Å². The van der Waals surface area contributed by atoms with Crippen LogP contribution in [0.15, 0.2) is 91.3 Å². The zero-order valence-electron chi connectivity index (χ0n) is 19.0. The van der Waals surface area contributed by atoms with Gasteiger partial charge in [0.1, 0.15) is 22.9 Å². The van der Waals surface area contributed by atoms with Gasteiger partial charge in [-0.15, -0.1) is 0 Å². The lowest BCUT2D eigenvalue weighted by molar-refractivity contribution is 0.0910. The SMILES string of the molecule is CC(C)(Cc1ccc(F)cc1)NC(=O)c1cccnc1Oc1ccc(Nc2ccccn2)cc1. The highest BCUT2D eigenvalue weighted by Crippen LogP contribution is 2.26. The standard InChI is InChI=1S/C27H25FN4O2/c1-27(2,18-19-8-10-20(28)11-9-19)32-25(33)23-6-5-17-30-26(23)34-22-14-12-21(13-15-22)31-24-7-3-4-16-29-24/h3-17H,18H2,1-2H3,(H,29,31)(H,32,33). The fraction of sp³-hybridized carbons (Fsp3) is 0.148. The van der Waals surface area contributed by atoms with Crippen LogP contribution in [-0.4, -0.2) is 21.4 Å². The van der Waals surface area contributed by atoms with E-state index in [0.717, 1.165) is 17.1 Å². The number of nitrogens with one attached hydrogen (secondary N) is 2. The van der Waals surface area contributed by atoms with Crippen LogP contribution in [0.2, 0.25) is 0 Å². The van der Waals surface area contributed by atoms with Gasteiger partial charge < -0.3 is 15.4 Å². The molecule has 0 spiro atoms. The second-order valence-electron chi connectivity index (χ2n) is 8.46. The number of ether oxygens (including phenoxy) is 1. The molecule has 1 amide bonds. The summed E-state index contributed by atoms with van der Waals surface area (Å²) in [6.07, 6.45) is 3.83. The number of carbonyl (C=O) groups excluding carboxylic acids is 1. The van der Waals surface area contributed by atoms with Gasteiger partial charge in [-0.1, -0.05) is 18.2 Å². The number of benzene rings is 2. The highest BCUT2D eigenvalue weighted by molar-refractivity contribution is 5.96. The molecular weight excluding hydrogens is 431 g/mol. The molecule has 0 aliphatic carbocycles. The molecule has 4 rings (SSSR count). The lowest BCUT2D eigenvalue weighted by Gasteiger charge is -2.27. The van der Waals surface area contributed by atoms with Gasteiger partial charge in [0, 0.05) is 23.6 Å². The van der Waals surface area contributed by atoms with Gasteiger partial charge in [0.25, 0.3) is 5.91 Å². The van der Waals surface area contributed by atoms with Crippen molar-refractivity contribution in [3.05, 3.63) is 108 Å². The summed E-state index contributed by atoms with van der Waals surface area (Å²) in [6, 6.07) is 22.6. The van der Waals surface area contributed by atoms with Crippen molar-refractivity contribution >= 4 is 17.4 Å². The first-order valence-electron chi connectivity index (χ1n) is 10.9. The maximum atomic E-state index is 13.2. The number of aromatic nitrogens is 2. The number of rotatable bonds is 8. The summed E-state index contributed by atoms with van der Waals surface area (Å²) in [5, 5.41) is 6.23. The van der Waals surface area contributed by atoms with Crippen molar-refractivity contribution in [2.45, 2.75) is 25.8 Å². The molecule has 0 bridgehead atoms. The van der Waals surface area contributed by atoms with Crippen LogP contribution in [0.25, 0.3) is 0 Å². The third-order valence-corrected chi connectivity index (χ3v) is 5.03. The second kappa shape index (κ2) is 10.1. The quantitative estimate of drug-likeness (QED) is 0.345. The molecule has 0 radical (unpaired) electrons. The van der Waals surface area contributed by atoms with E-state index in [1.54, 1.807) is 48.8 Å². The number of hydrogen-bond donors (Lipinski definition) is 2. The summed E-state index contributed by atoms with van der Waals surface area (Å²) in [5.74, 6) is 0.906. The lowest BCUT2D eigenvalue weighted by atomic mass is 9.94. The Kier molecular flexibility index (Phi) is 6.82. The molecule has 6 nitrogen and oxygen atoms in total. The number of anilines is 2. The summed E-state index contributed by atoms with van der Waals surface area (Å²) >= 11 is 0. The zero-order chi connectivity index (χ0) is 24.0. The number of pyridine rings is 2. The van der Waals surface area contributed by atoms with E-state index >= 15 is 0 Å². The van der Waals surface area contributed by atoms with Crippen molar-refractivity contribution in [3.8, 4) is 11.6 Å². The average Bonchev–Trinajstić information content (AvgIpc) is 2.82. The van der Waals surface area contributed by atoms with Crippen LogP contribution in [0, 0.1) is 5.82 Å². The van der Waals surface area contributed by atoms with E-state index in [1.807, 2.05) is 44.2 Å². The van der Waals surface area contributed by atoms with Crippen molar-refractivity contribution in [3.63, 3.8) is 0 Å². The minimum absolute atomic E-state index is 0.211. The molecule has 0 aliphatic rings. The number of amides is 1. The van der Waals surface area contributed by atoms with Crippen LogP contribution in [0.5, 0.6) is 11.6 Å². The Morgan fingerprint density at radius 2 is 1.65 bits per heavy atom. The minimum atomic E-state index is -0.569. The Bertz CT molecular complexity index is 1240. The number of carbonyl (C=O) groups is 1. The Morgan fingerprint density at radius 3 is 2.35 bits per heavy atom. The lowest BCUT2D eigenvalue weighted by Crippen LogP contribution is -2.45. The van der Waals surface area contributed by atoms with Crippen molar-refractivity contribution in [1.82, 2.24) is 15.3 Å². The second-order valence-corrected chi connectivity index (χ2v) is 8.46. The largest absolute Gasteiger partial charge is 0.438 e. The van der Waals surface area contributed by atoms with Crippen LogP contribution in [0.4, 0.5) is 15.9 Å². The first-order valence-corrected chi connectivity index (χ1v) is 10.9. The van der Waals surface area contributed by atoms with Crippen molar-refractivity contribution in [2.24, 2.45) is 0 Å². The van der Waals surface area contributed by atoms with Crippen LogP contribution in [0.3, 0.4) is 0 Å². The van der Waals surface area contributed by atoms with Gasteiger partial charge in [0.2, 0.25) is 5.88 Å². The van der Waals surface area contributed by atoms with Gasteiger partial charge in [-0.2, -0.15) is 0 Å². The normalized spacial score (nSPS) is 11.0. The summed E-state index contributed by atoms with van der Waals surface area (Å²) in [4.78, 5) is 21.6. The molecule has 2 heterocycles. The number of nitrogens with zero attached hydrogens (tertiary/aromatic N) is 2. The minimum Gasteiger partial charge on any atom is -0.438 e. The molecule has 0 atom stereocenters. The maximum absolute atomic E-state index is 13.2. The molecule has 34 heavy (non-hydrogen) atoms. The zero-order valence-corrected chi connectivity index (χ0v) is 19.0. The number of halogens is 1.